The number of hydrogen-bond donors (Lipinski definition) is 1. The molecule has 0 spiro atoms. The third-order valence-corrected chi connectivity index (χ3v) is 6.66. The molecule has 3 aromatic rings. The Morgan fingerprint density at radius 2 is 1.78 bits per heavy atom. The van der Waals surface area contributed by atoms with Crippen molar-refractivity contribution in [1.29, 1.82) is 0 Å². The topological polar surface area (TPSA) is 84.9 Å². The van der Waals surface area contributed by atoms with E-state index in [0.717, 1.165) is 16.7 Å². The van der Waals surface area contributed by atoms with E-state index in [4.69, 9.17) is 32.7 Å². The minimum absolute atomic E-state index is 0.0931. The van der Waals surface area contributed by atoms with Crippen LogP contribution < -0.4 is 14.8 Å². The van der Waals surface area contributed by atoms with Gasteiger partial charge >= 0.3 is 0 Å². The Kier molecular flexibility index (Phi) is 8.20. The van der Waals surface area contributed by atoms with E-state index >= 15 is 0 Å². The zero-order chi connectivity index (χ0) is 25.7. The van der Waals surface area contributed by atoms with Crippen LogP contribution in [0.25, 0.3) is 6.08 Å². The largest absolute Gasteiger partial charge is 0.493 e. The first-order valence-corrected chi connectivity index (χ1v) is 12.3. The Morgan fingerprint density at radius 1 is 1.03 bits per heavy atom. The van der Waals surface area contributed by atoms with Crippen molar-refractivity contribution in [2.24, 2.45) is 0 Å². The normalized spacial score (nSPS) is 14.3. The monoisotopic (exact) mass is 542 g/mol. The minimum Gasteiger partial charge on any atom is -0.493 e. The highest BCUT2D eigenvalue weighted by molar-refractivity contribution is 8.18. The third-order valence-electron chi connectivity index (χ3n) is 5.13. The molecule has 3 amide bonds. The Hall–Kier alpha value is -3.46. The van der Waals surface area contributed by atoms with E-state index in [2.05, 4.69) is 5.32 Å². The predicted molar refractivity (Wildman–Crippen MR) is 142 cm³/mol. The maximum absolute atomic E-state index is 12.9. The van der Waals surface area contributed by atoms with E-state index in [0.29, 0.717) is 38.4 Å². The molecular formula is C26H20Cl2N2O5S. The van der Waals surface area contributed by atoms with Crippen LogP contribution in [-0.2, 0) is 16.1 Å². The molecule has 0 aliphatic carbocycles. The van der Waals surface area contributed by atoms with Crippen molar-refractivity contribution in [3.63, 3.8) is 0 Å². The standard InChI is InChI=1S/C26H20Cl2N2O5S/c1-34-22-12-16(6-11-21(22)35-15-24(31)29-19-9-7-18(27)8-10-19)13-23-25(32)30(26(33)36-23)14-17-4-2-3-5-20(17)28/h2-13H,14-15H2,1H3,(H,29,31)/b23-13-. The number of amides is 3. The number of ether oxygens (including phenoxy) is 2. The molecule has 7 nitrogen and oxygen atoms in total. The molecule has 184 valence electrons. The van der Waals surface area contributed by atoms with Crippen LogP contribution in [0.5, 0.6) is 11.5 Å². The number of nitrogens with one attached hydrogen (secondary N) is 1. The van der Waals surface area contributed by atoms with Gasteiger partial charge in [-0.2, -0.15) is 0 Å². The first-order valence-electron chi connectivity index (χ1n) is 10.7. The lowest BCUT2D eigenvalue weighted by molar-refractivity contribution is -0.123. The Balaban J connectivity index is 1.42. The number of thioether (sulfide) groups is 1. The number of anilines is 1. The molecule has 1 heterocycles. The molecule has 0 atom stereocenters. The molecule has 4 rings (SSSR count). The van der Waals surface area contributed by atoms with Crippen LogP contribution in [0.15, 0.2) is 71.6 Å². The van der Waals surface area contributed by atoms with Crippen molar-refractivity contribution >= 4 is 63.8 Å². The van der Waals surface area contributed by atoms with Crippen LogP contribution >= 0.6 is 35.0 Å². The summed E-state index contributed by atoms with van der Waals surface area (Å²) in [5.41, 5.74) is 1.91. The molecule has 0 aromatic heterocycles. The fraction of sp³-hybridized carbons (Fsp3) is 0.115. The average molecular weight is 543 g/mol. The van der Waals surface area contributed by atoms with Gasteiger partial charge in [-0.1, -0.05) is 47.5 Å². The number of rotatable bonds is 8. The number of hydrogen-bond acceptors (Lipinski definition) is 6. The van der Waals surface area contributed by atoms with Gasteiger partial charge in [0.1, 0.15) is 0 Å². The van der Waals surface area contributed by atoms with Crippen molar-refractivity contribution in [2.75, 3.05) is 19.0 Å². The Morgan fingerprint density at radius 3 is 2.50 bits per heavy atom. The Bertz CT molecular complexity index is 1340. The quantitative estimate of drug-likeness (QED) is 0.338. The van der Waals surface area contributed by atoms with Crippen molar-refractivity contribution in [3.8, 4) is 11.5 Å². The number of imide groups is 1. The fourth-order valence-corrected chi connectivity index (χ4v) is 4.51. The summed E-state index contributed by atoms with van der Waals surface area (Å²) in [6, 6.07) is 18.8. The SMILES string of the molecule is COc1cc(/C=C2\SC(=O)N(Cc3ccccc3Cl)C2=O)ccc1OCC(=O)Nc1ccc(Cl)cc1. The second kappa shape index (κ2) is 11.5. The average Bonchev–Trinajstić information content (AvgIpc) is 3.13. The lowest BCUT2D eigenvalue weighted by Crippen LogP contribution is -2.27. The second-order valence-electron chi connectivity index (χ2n) is 7.61. The first-order chi connectivity index (χ1) is 17.3. The summed E-state index contributed by atoms with van der Waals surface area (Å²) in [6.45, 7) is -0.144. The van der Waals surface area contributed by atoms with Gasteiger partial charge in [0.05, 0.1) is 18.6 Å². The highest BCUT2D eigenvalue weighted by Crippen LogP contribution is 2.36. The molecule has 0 unspecified atom stereocenters. The first kappa shape index (κ1) is 25.6. The molecule has 1 aliphatic heterocycles. The van der Waals surface area contributed by atoms with Gasteiger partial charge < -0.3 is 14.8 Å². The molecule has 0 saturated carbocycles. The van der Waals surface area contributed by atoms with Crippen LogP contribution in [0.1, 0.15) is 11.1 Å². The number of benzene rings is 3. The maximum Gasteiger partial charge on any atom is 0.293 e. The summed E-state index contributed by atoms with van der Waals surface area (Å²) in [7, 11) is 1.47. The number of methoxy groups -OCH3 is 1. The number of carbonyl (C=O) groups excluding carboxylic acids is 3. The van der Waals surface area contributed by atoms with Crippen LogP contribution in [0, 0.1) is 0 Å². The van der Waals surface area contributed by atoms with Gasteiger partial charge in [0.25, 0.3) is 17.1 Å². The maximum atomic E-state index is 12.9. The van der Waals surface area contributed by atoms with E-state index in [1.165, 1.54) is 7.11 Å². The van der Waals surface area contributed by atoms with E-state index in [-0.39, 0.29) is 29.2 Å². The van der Waals surface area contributed by atoms with Crippen molar-refractivity contribution in [1.82, 2.24) is 4.90 Å². The van der Waals surface area contributed by atoms with Gasteiger partial charge in [0, 0.05) is 15.7 Å². The summed E-state index contributed by atoms with van der Waals surface area (Å²) >= 11 is 12.9. The predicted octanol–water partition coefficient (Wildman–Crippen LogP) is 6.26. The summed E-state index contributed by atoms with van der Waals surface area (Å²) in [5, 5.41) is 3.40. The van der Waals surface area contributed by atoms with Gasteiger partial charge in [-0.15, -0.1) is 0 Å². The van der Waals surface area contributed by atoms with E-state index in [1.807, 2.05) is 0 Å². The molecule has 36 heavy (non-hydrogen) atoms. The van der Waals surface area contributed by atoms with Crippen LogP contribution in [0.4, 0.5) is 10.5 Å². The van der Waals surface area contributed by atoms with E-state index < -0.39 is 5.91 Å². The van der Waals surface area contributed by atoms with Gasteiger partial charge in [-0.25, -0.2) is 0 Å². The highest BCUT2D eigenvalue weighted by atomic mass is 35.5. The fourth-order valence-electron chi connectivity index (χ4n) is 3.35. The number of nitrogens with zero attached hydrogens (tertiary/aromatic N) is 1. The summed E-state index contributed by atoms with van der Waals surface area (Å²) in [5.74, 6) is -0.0233. The smallest absolute Gasteiger partial charge is 0.293 e. The summed E-state index contributed by atoms with van der Waals surface area (Å²) < 4.78 is 11.0. The summed E-state index contributed by atoms with van der Waals surface area (Å²) in [4.78, 5) is 39.0. The van der Waals surface area contributed by atoms with Crippen LogP contribution in [0.3, 0.4) is 0 Å². The molecule has 1 saturated heterocycles. The minimum atomic E-state index is -0.400. The van der Waals surface area contributed by atoms with Gasteiger partial charge in [0.15, 0.2) is 18.1 Å². The summed E-state index contributed by atoms with van der Waals surface area (Å²) in [6.07, 6.45) is 1.61. The molecule has 1 fully saturated rings. The molecule has 10 heteroatoms. The number of halogens is 2. The molecule has 0 bridgehead atoms. The third kappa shape index (κ3) is 6.20. The van der Waals surface area contributed by atoms with E-state index in [9.17, 15) is 14.4 Å². The lowest BCUT2D eigenvalue weighted by atomic mass is 10.1. The number of carbonyl (C=O) groups is 3. The Labute approximate surface area is 222 Å². The molecule has 1 aliphatic rings. The van der Waals surface area contributed by atoms with Gasteiger partial charge in [0.2, 0.25) is 0 Å². The zero-order valence-electron chi connectivity index (χ0n) is 19.0. The highest BCUT2D eigenvalue weighted by Gasteiger charge is 2.35. The van der Waals surface area contributed by atoms with Gasteiger partial charge in [-0.05, 0) is 71.4 Å². The molecule has 1 N–H and O–H groups in total. The lowest BCUT2D eigenvalue weighted by Gasteiger charge is -2.13. The van der Waals surface area contributed by atoms with Gasteiger partial charge in [-0.3, -0.25) is 19.3 Å². The van der Waals surface area contributed by atoms with Crippen LogP contribution in [-0.4, -0.2) is 35.7 Å². The van der Waals surface area contributed by atoms with Crippen molar-refractivity contribution in [2.45, 2.75) is 6.54 Å². The molecule has 3 aromatic carbocycles. The van der Waals surface area contributed by atoms with E-state index in [1.54, 1.807) is 72.8 Å². The second-order valence-corrected chi connectivity index (χ2v) is 9.45. The molecule has 0 radical (unpaired) electrons. The zero-order valence-corrected chi connectivity index (χ0v) is 21.3. The van der Waals surface area contributed by atoms with Crippen molar-refractivity contribution in [3.05, 3.63) is 92.8 Å². The van der Waals surface area contributed by atoms with Crippen molar-refractivity contribution < 1.29 is 23.9 Å². The van der Waals surface area contributed by atoms with Crippen LogP contribution in [0.2, 0.25) is 10.0 Å². The molecular weight excluding hydrogens is 523 g/mol.